The van der Waals surface area contributed by atoms with Crippen LogP contribution in [-0.2, 0) is 12.3 Å². The first-order valence-electron chi connectivity index (χ1n) is 4.42. The van der Waals surface area contributed by atoms with E-state index in [2.05, 4.69) is 4.98 Å². The molecule has 2 heterocycles. The van der Waals surface area contributed by atoms with Gasteiger partial charge >= 0.3 is 0 Å². The number of furan rings is 1. The van der Waals surface area contributed by atoms with Gasteiger partial charge in [-0.1, -0.05) is 6.92 Å². The highest BCUT2D eigenvalue weighted by Crippen LogP contribution is 2.26. The predicted molar refractivity (Wildman–Crippen MR) is 53.1 cm³/mol. The Morgan fingerprint density at radius 2 is 2.29 bits per heavy atom. The van der Waals surface area contributed by atoms with Gasteiger partial charge in [-0.3, -0.25) is 0 Å². The molecule has 74 valence electrons. The van der Waals surface area contributed by atoms with Crippen molar-refractivity contribution in [1.29, 1.82) is 0 Å². The summed E-state index contributed by atoms with van der Waals surface area (Å²) in [5.74, 6) is 2.57. The topological polar surface area (TPSA) is 39.2 Å². The Bertz CT molecular complexity index is 419. The highest BCUT2D eigenvalue weighted by atomic mass is 35.5. The van der Waals surface area contributed by atoms with Crippen LogP contribution >= 0.6 is 11.6 Å². The molecular formula is C10H10ClNO2. The molecule has 0 bridgehead atoms. The normalized spacial score (nSPS) is 10.7. The lowest BCUT2D eigenvalue weighted by atomic mass is 10.3. The zero-order valence-corrected chi connectivity index (χ0v) is 8.54. The summed E-state index contributed by atoms with van der Waals surface area (Å²) >= 11 is 5.70. The number of halogens is 1. The molecule has 0 fully saturated rings. The number of oxazole rings is 1. The van der Waals surface area contributed by atoms with Crippen LogP contribution in [0.3, 0.4) is 0 Å². The number of aromatic nitrogens is 1. The van der Waals surface area contributed by atoms with Crippen LogP contribution in [0.5, 0.6) is 0 Å². The lowest BCUT2D eigenvalue weighted by Gasteiger charge is -1.93. The Hall–Kier alpha value is -1.22. The van der Waals surface area contributed by atoms with Gasteiger partial charge in [0.2, 0.25) is 0 Å². The Morgan fingerprint density at radius 3 is 2.93 bits per heavy atom. The molecule has 0 aliphatic heterocycles. The Morgan fingerprint density at radius 1 is 1.43 bits per heavy atom. The summed E-state index contributed by atoms with van der Waals surface area (Å²) in [5, 5.41) is 0. The smallest absolute Gasteiger partial charge is 0.194 e. The molecule has 2 aromatic rings. The third-order valence-electron chi connectivity index (χ3n) is 2.00. The van der Waals surface area contributed by atoms with E-state index in [0.717, 1.165) is 12.2 Å². The van der Waals surface area contributed by atoms with Crippen molar-refractivity contribution < 1.29 is 8.83 Å². The number of aryl methyl sites for hydroxylation is 1. The monoisotopic (exact) mass is 211 g/mol. The third-order valence-corrected chi connectivity index (χ3v) is 2.25. The molecule has 0 aromatic carbocycles. The van der Waals surface area contributed by atoms with Crippen LogP contribution in [-0.4, -0.2) is 4.98 Å². The minimum atomic E-state index is 0.327. The second kappa shape index (κ2) is 3.88. The fourth-order valence-corrected chi connectivity index (χ4v) is 1.45. The number of hydrogen-bond acceptors (Lipinski definition) is 3. The summed E-state index contributed by atoms with van der Waals surface area (Å²) in [5.41, 5.74) is 0.712. The Kier molecular flexibility index (Phi) is 2.59. The van der Waals surface area contributed by atoms with Crippen LogP contribution in [0.2, 0.25) is 0 Å². The van der Waals surface area contributed by atoms with Gasteiger partial charge in [0.15, 0.2) is 17.9 Å². The molecule has 3 nitrogen and oxygen atoms in total. The van der Waals surface area contributed by atoms with Crippen LogP contribution in [0.15, 0.2) is 27.4 Å². The number of hydrogen-bond donors (Lipinski definition) is 0. The number of alkyl halides is 1. The SMILES string of the molecule is CCc1ccc(-c2ocnc2CCl)o1. The average Bonchev–Trinajstić information content (AvgIpc) is 2.85. The number of nitrogens with zero attached hydrogens (tertiary/aromatic N) is 1. The van der Waals surface area contributed by atoms with E-state index in [-0.39, 0.29) is 0 Å². The maximum atomic E-state index is 5.70. The predicted octanol–water partition coefficient (Wildman–Crippen LogP) is 3.24. The second-order valence-electron chi connectivity index (χ2n) is 2.88. The van der Waals surface area contributed by atoms with Crippen molar-refractivity contribution in [3.63, 3.8) is 0 Å². The van der Waals surface area contributed by atoms with Crippen molar-refractivity contribution in [2.45, 2.75) is 19.2 Å². The lowest BCUT2D eigenvalue weighted by Crippen LogP contribution is -1.80. The molecule has 0 radical (unpaired) electrons. The fourth-order valence-electron chi connectivity index (χ4n) is 1.25. The van der Waals surface area contributed by atoms with Gasteiger partial charge in [-0.2, -0.15) is 0 Å². The van der Waals surface area contributed by atoms with Crippen molar-refractivity contribution in [3.8, 4) is 11.5 Å². The van der Waals surface area contributed by atoms with E-state index >= 15 is 0 Å². The molecule has 2 rings (SSSR count). The van der Waals surface area contributed by atoms with Gasteiger partial charge in [0.05, 0.1) is 5.88 Å². The van der Waals surface area contributed by atoms with E-state index in [0.29, 0.717) is 23.1 Å². The highest BCUT2D eigenvalue weighted by Gasteiger charge is 2.13. The third kappa shape index (κ3) is 1.55. The second-order valence-corrected chi connectivity index (χ2v) is 3.15. The van der Waals surface area contributed by atoms with Gasteiger partial charge in [-0.25, -0.2) is 4.98 Å². The van der Waals surface area contributed by atoms with E-state index in [1.54, 1.807) is 0 Å². The zero-order valence-electron chi connectivity index (χ0n) is 7.79. The molecule has 0 amide bonds. The van der Waals surface area contributed by atoms with E-state index in [4.69, 9.17) is 20.4 Å². The molecule has 0 saturated heterocycles. The molecule has 0 atom stereocenters. The fraction of sp³-hybridized carbons (Fsp3) is 0.300. The van der Waals surface area contributed by atoms with E-state index < -0.39 is 0 Å². The summed E-state index contributed by atoms with van der Waals surface area (Å²) < 4.78 is 10.7. The minimum Gasteiger partial charge on any atom is -0.458 e. The van der Waals surface area contributed by atoms with E-state index in [1.165, 1.54) is 6.39 Å². The maximum Gasteiger partial charge on any atom is 0.194 e. The van der Waals surface area contributed by atoms with Gasteiger partial charge in [-0.05, 0) is 12.1 Å². The molecule has 0 saturated carbocycles. The number of rotatable bonds is 3. The summed E-state index contributed by atoms with van der Waals surface area (Å²) in [6.45, 7) is 2.03. The first-order chi connectivity index (χ1) is 6.85. The van der Waals surface area contributed by atoms with Crippen LogP contribution < -0.4 is 0 Å². The van der Waals surface area contributed by atoms with Crippen LogP contribution in [0, 0.1) is 0 Å². The van der Waals surface area contributed by atoms with Gasteiger partial charge in [-0.15, -0.1) is 11.6 Å². The molecular weight excluding hydrogens is 202 g/mol. The van der Waals surface area contributed by atoms with E-state index in [9.17, 15) is 0 Å². The summed E-state index contributed by atoms with van der Waals surface area (Å²) in [4.78, 5) is 3.99. The summed E-state index contributed by atoms with van der Waals surface area (Å²) in [6.07, 6.45) is 2.24. The highest BCUT2D eigenvalue weighted by molar-refractivity contribution is 6.17. The van der Waals surface area contributed by atoms with Crippen LogP contribution in [0.25, 0.3) is 11.5 Å². The zero-order chi connectivity index (χ0) is 9.97. The van der Waals surface area contributed by atoms with Crippen LogP contribution in [0.4, 0.5) is 0 Å². The van der Waals surface area contributed by atoms with Crippen molar-refractivity contribution >= 4 is 11.6 Å². The standard InChI is InChI=1S/C10H10ClNO2/c1-2-7-3-4-9(14-7)10-8(5-11)12-6-13-10/h3-4,6H,2,5H2,1H3. The van der Waals surface area contributed by atoms with Crippen LogP contribution in [0.1, 0.15) is 18.4 Å². The quantitative estimate of drug-likeness (QED) is 0.732. The van der Waals surface area contributed by atoms with Crippen molar-refractivity contribution in [2.24, 2.45) is 0 Å². The van der Waals surface area contributed by atoms with Gasteiger partial charge < -0.3 is 8.83 Å². The van der Waals surface area contributed by atoms with Crippen molar-refractivity contribution in [2.75, 3.05) is 0 Å². The average molecular weight is 212 g/mol. The summed E-state index contributed by atoms with van der Waals surface area (Å²) in [7, 11) is 0. The molecule has 0 N–H and O–H groups in total. The van der Waals surface area contributed by atoms with E-state index in [1.807, 2.05) is 19.1 Å². The first kappa shape index (κ1) is 9.34. The molecule has 4 heteroatoms. The minimum absolute atomic E-state index is 0.327. The van der Waals surface area contributed by atoms with Crippen molar-refractivity contribution in [3.05, 3.63) is 30.0 Å². The maximum absolute atomic E-state index is 5.70. The Balaban J connectivity index is 2.38. The molecule has 14 heavy (non-hydrogen) atoms. The van der Waals surface area contributed by atoms with Crippen molar-refractivity contribution in [1.82, 2.24) is 4.98 Å². The first-order valence-corrected chi connectivity index (χ1v) is 4.96. The molecule has 0 aliphatic rings. The summed E-state index contributed by atoms with van der Waals surface area (Å²) in [6, 6.07) is 3.80. The van der Waals surface area contributed by atoms with Gasteiger partial charge in [0.25, 0.3) is 0 Å². The van der Waals surface area contributed by atoms with Gasteiger partial charge in [0.1, 0.15) is 11.5 Å². The molecule has 0 spiro atoms. The molecule has 0 unspecified atom stereocenters. The van der Waals surface area contributed by atoms with Gasteiger partial charge in [0, 0.05) is 6.42 Å². The molecule has 2 aromatic heterocycles. The Labute approximate surface area is 86.7 Å². The lowest BCUT2D eigenvalue weighted by molar-refractivity contribution is 0.493. The largest absolute Gasteiger partial charge is 0.458 e. The molecule has 0 aliphatic carbocycles.